The first-order chi connectivity index (χ1) is 8.30. The van der Waals surface area contributed by atoms with Crippen LogP contribution in [0.25, 0.3) is 0 Å². The normalized spacial score (nSPS) is 13.3. The van der Waals surface area contributed by atoms with Crippen molar-refractivity contribution in [1.82, 2.24) is 4.31 Å². The highest BCUT2D eigenvalue weighted by atomic mass is 32.2. The van der Waals surface area contributed by atoms with Crippen LogP contribution in [-0.4, -0.2) is 37.5 Å². The largest absolute Gasteiger partial charge is 0.392 e. The molecule has 0 aliphatic rings. The molecule has 98 valence electrons. The number of hydrogen-bond acceptors (Lipinski definition) is 4. The second-order valence-electron chi connectivity index (χ2n) is 4.19. The van der Waals surface area contributed by atoms with E-state index >= 15 is 0 Å². The maximum Gasteiger partial charge on any atom is 0.244 e. The molecule has 18 heavy (non-hydrogen) atoms. The predicted molar refractivity (Wildman–Crippen MR) is 67.4 cm³/mol. The Balaban J connectivity index is 3.30. The quantitative estimate of drug-likeness (QED) is 0.878. The van der Waals surface area contributed by atoms with Crippen LogP contribution in [-0.2, 0) is 10.0 Å². The van der Waals surface area contributed by atoms with Gasteiger partial charge >= 0.3 is 0 Å². The summed E-state index contributed by atoms with van der Waals surface area (Å²) in [4.78, 5) is -0.0202. The Bertz CT molecular complexity index is 573. The van der Waals surface area contributed by atoms with Crippen LogP contribution < -0.4 is 0 Å². The van der Waals surface area contributed by atoms with Gasteiger partial charge in [0.1, 0.15) is 11.0 Å². The first kappa shape index (κ1) is 14.6. The number of rotatable bonds is 4. The molecule has 0 aromatic heterocycles. The summed E-state index contributed by atoms with van der Waals surface area (Å²) in [7, 11) is -2.37. The summed E-state index contributed by atoms with van der Waals surface area (Å²) in [5, 5.41) is 18.3. The lowest BCUT2D eigenvalue weighted by Gasteiger charge is -2.19. The second-order valence-corrected chi connectivity index (χ2v) is 6.21. The zero-order chi connectivity index (χ0) is 13.9. The van der Waals surface area contributed by atoms with Gasteiger partial charge in [-0.15, -0.1) is 0 Å². The third-order valence-electron chi connectivity index (χ3n) is 2.56. The van der Waals surface area contributed by atoms with Crippen LogP contribution in [0.4, 0.5) is 0 Å². The first-order valence-electron chi connectivity index (χ1n) is 5.44. The molecule has 0 saturated heterocycles. The van der Waals surface area contributed by atoms with Crippen LogP contribution >= 0.6 is 0 Å². The van der Waals surface area contributed by atoms with Gasteiger partial charge in [-0.25, -0.2) is 8.42 Å². The molecule has 0 radical (unpaired) electrons. The zero-order valence-corrected chi connectivity index (χ0v) is 11.4. The van der Waals surface area contributed by atoms with Crippen molar-refractivity contribution in [3.05, 3.63) is 29.3 Å². The number of nitriles is 1. The highest BCUT2D eigenvalue weighted by Crippen LogP contribution is 2.21. The Hall–Kier alpha value is -1.42. The van der Waals surface area contributed by atoms with Crippen molar-refractivity contribution in [3.63, 3.8) is 0 Å². The van der Waals surface area contributed by atoms with E-state index in [2.05, 4.69) is 0 Å². The Morgan fingerprint density at radius 1 is 1.50 bits per heavy atom. The lowest BCUT2D eigenvalue weighted by molar-refractivity contribution is 0.171. The molecule has 1 N–H and O–H groups in total. The molecule has 0 aliphatic heterocycles. The molecule has 1 unspecified atom stereocenters. The second kappa shape index (κ2) is 5.48. The van der Waals surface area contributed by atoms with Crippen molar-refractivity contribution in [2.24, 2.45) is 0 Å². The van der Waals surface area contributed by atoms with Gasteiger partial charge in [0.2, 0.25) is 10.0 Å². The molecule has 1 rings (SSSR count). The van der Waals surface area contributed by atoms with Crippen molar-refractivity contribution in [2.45, 2.75) is 24.8 Å². The highest BCUT2D eigenvalue weighted by Gasteiger charge is 2.25. The van der Waals surface area contributed by atoms with Gasteiger partial charge in [-0.3, -0.25) is 0 Å². The molecule has 1 aromatic carbocycles. The summed E-state index contributed by atoms with van der Waals surface area (Å²) < 4.78 is 25.6. The van der Waals surface area contributed by atoms with E-state index in [1.807, 2.05) is 6.07 Å². The first-order valence-corrected chi connectivity index (χ1v) is 6.88. The summed E-state index contributed by atoms with van der Waals surface area (Å²) in [6.45, 7) is 3.18. The molecule has 0 spiro atoms. The van der Waals surface area contributed by atoms with Gasteiger partial charge in [0.25, 0.3) is 0 Å². The zero-order valence-electron chi connectivity index (χ0n) is 10.6. The number of hydrogen-bond donors (Lipinski definition) is 1. The summed E-state index contributed by atoms with van der Waals surface area (Å²) in [5.41, 5.74) is 0.763. The van der Waals surface area contributed by atoms with Crippen molar-refractivity contribution >= 4 is 10.0 Å². The Morgan fingerprint density at radius 2 is 2.11 bits per heavy atom. The maximum atomic E-state index is 12.3. The van der Waals surface area contributed by atoms with Crippen molar-refractivity contribution < 1.29 is 13.5 Å². The molecule has 1 atom stereocenters. The standard InChI is InChI=1S/C12H16N2O3S/c1-9-5-4-6-12(11(9)7-13)18(16,17)14(3)8-10(2)15/h4-6,10,15H,8H2,1-3H3. The van der Waals surface area contributed by atoms with E-state index in [0.29, 0.717) is 5.56 Å². The van der Waals surface area contributed by atoms with Crippen LogP contribution in [0.3, 0.4) is 0 Å². The van der Waals surface area contributed by atoms with E-state index in [4.69, 9.17) is 5.26 Å². The number of sulfonamides is 1. The van der Waals surface area contributed by atoms with E-state index < -0.39 is 16.1 Å². The lowest BCUT2D eigenvalue weighted by atomic mass is 10.1. The van der Waals surface area contributed by atoms with E-state index in [1.54, 1.807) is 19.1 Å². The van der Waals surface area contributed by atoms with Crippen LogP contribution in [0, 0.1) is 18.3 Å². The molecule has 1 aromatic rings. The molecule has 0 saturated carbocycles. The number of benzene rings is 1. The molecule has 6 heteroatoms. The monoisotopic (exact) mass is 268 g/mol. The minimum absolute atomic E-state index is 0.0128. The Labute approximate surface area is 107 Å². The third kappa shape index (κ3) is 2.88. The van der Waals surface area contributed by atoms with Crippen LogP contribution in [0.15, 0.2) is 23.1 Å². The topological polar surface area (TPSA) is 81.4 Å². The summed E-state index contributed by atoms with van der Waals surface area (Å²) >= 11 is 0. The maximum absolute atomic E-state index is 12.3. The third-order valence-corrected chi connectivity index (χ3v) is 4.42. The average Bonchev–Trinajstić information content (AvgIpc) is 2.27. The van der Waals surface area contributed by atoms with Crippen molar-refractivity contribution in [3.8, 4) is 6.07 Å². The molecule has 0 bridgehead atoms. The van der Waals surface area contributed by atoms with E-state index in [-0.39, 0.29) is 17.0 Å². The SMILES string of the molecule is Cc1cccc(S(=O)(=O)N(C)CC(C)O)c1C#N. The minimum atomic E-state index is -3.75. The fourth-order valence-electron chi connectivity index (χ4n) is 1.64. The van der Waals surface area contributed by atoms with Gasteiger partial charge in [0, 0.05) is 13.6 Å². The van der Waals surface area contributed by atoms with Crippen LogP contribution in [0.2, 0.25) is 0 Å². The average molecular weight is 268 g/mol. The minimum Gasteiger partial charge on any atom is -0.392 e. The van der Waals surface area contributed by atoms with Crippen molar-refractivity contribution in [1.29, 1.82) is 5.26 Å². The molecule has 0 fully saturated rings. The molecular weight excluding hydrogens is 252 g/mol. The fourth-order valence-corrected chi connectivity index (χ4v) is 3.10. The Kier molecular flexibility index (Phi) is 4.46. The number of nitrogens with zero attached hydrogens (tertiary/aromatic N) is 2. The number of likely N-dealkylation sites (N-methyl/N-ethyl adjacent to an activating group) is 1. The summed E-state index contributed by atoms with van der Waals surface area (Å²) in [6.07, 6.45) is -0.764. The Morgan fingerprint density at radius 3 is 2.61 bits per heavy atom. The summed E-state index contributed by atoms with van der Waals surface area (Å²) in [6, 6.07) is 6.60. The molecule has 5 nitrogen and oxygen atoms in total. The molecule has 0 heterocycles. The predicted octanol–water partition coefficient (Wildman–Crippen LogP) is 0.868. The highest BCUT2D eigenvalue weighted by molar-refractivity contribution is 7.89. The van der Waals surface area contributed by atoms with Gasteiger partial charge in [0.05, 0.1) is 11.7 Å². The van der Waals surface area contributed by atoms with Crippen LogP contribution in [0.1, 0.15) is 18.1 Å². The van der Waals surface area contributed by atoms with Gasteiger partial charge < -0.3 is 5.11 Å². The van der Waals surface area contributed by atoms with Gasteiger partial charge in [-0.05, 0) is 25.5 Å². The number of aliphatic hydroxyl groups is 1. The molecule has 0 aliphatic carbocycles. The van der Waals surface area contributed by atoms with Gasteiger partial charge in [-0.2, -0.15) is 9.57 Å². The van der Waals surface area contributed by atoms with Gasteiger partial charge in [-0.1, -0.05) is 12.1 Å². The number of aryl methyl sites for hydroxylation is 1. The van der Waals surface area contributed by atoms with Crippen molar-refractivity contribution in [2.75, 3.05) is 13.6 Å². The fraction of sp³-hybridized carbons (Fsp3) is 0.417. The van der Waals surface area contributed by atoms with Crippen LogP contribution in [0.5, 0.6) is 0 Å². The van der Waals surface area contributed by atoms with E-state index in [1.165, 1.54) is 20.0 Å². The molecule has 0 amide bonds. The van der Waals surface area contributed by atoms with E-state index in [0.717, 1.165) is 4.31 Å². The smallest absolute Gasteiger partial charge is 0.244 e. The summed E-state index contributed by atoms with van der Waals surface area (Å²) in [5.74, 6) is 0. The van der Waals surface area contributed by atoms with Gasteiger partial charge in [0.15, 0.2) is 0 Å². The van der Waals surface area contributed by atoms with E-state index in [9.17, 15) is 13.5 Å². The lowest BCUT2D eigenvalue weighted by Crippen LogP contribution is -2.33. The molecular formula is C12H16N2O3S. The number of aliphatic hydroxyl groups excluding tert-OH is 1.